The predicted octanol–water partition coefficient (Wildman–Crippen LogP) is 6.33. The van der Waals surface area contributed by atoms with Gasteiger partial charge in [0.05, 0.1) is 12.8 Å². The van der Waals surface area contributed by atoms with E-state index in [4.69, 9.17) is 9.47 Å². The van der Waals surface area contributed by atoms with E-state index in [1.165, 1.54) is 0 Å². The molecule has 0 atom stereocenters. The van der Waals surface area contributed by atoms with Crippen molar-refractivity contribution < 1.29 is 28.7 Å². The molecule has 2 rings (SSSR count). The maximum Gasteiger partial charge on any atom is 0.306 e. The Kier molecular flexibility index (Phi) is 11.3. The van der Waals surface area contributed by atoms with Crippen molar-refractivity contribution in [3.63, 3.8) is 0 Å². The molecule has 0 radical (unpaired) electrons. The first-order valence-corrected chi connectivity index (χ1v) is 15.4. The van der Waals surface area contributed by atoms with Gasteiger partial charge >= 0.3 is 11.9 Å². The van der Waals surface area contributed by atoms with Crippen LogP contribution in [0, 0.1) is 0 Å². The number of ether oxygens (including phenoxy) is 2. The molecule has 0 spiro atoms. The highest BCUT2D eigenvalue weighted by molar-refractivity contribution is 5.79. The van der Waals surface area contributed by atoms with Crippen molar-refractivity contribution in [2.75, 3.05) is 0 Å². The Bertz CT molecular complexity index is 812. The molecule has 0 aromatic rings. The molecule has 2 amide bonds. The van der Waals surface area contributed by atoms with Crippen LogP contribution in [0.5, 0.6) is 0 Å². The highest BCUT2D eigenvalue weighted by Gasteiger charge is 2.50. The van der Waals surface area contributed by atoms with Crippen LogP contribution in [0.3, 0.4) is 0 Å². The molecule has 40 heavy (non-hydrogen) atoms. The summed E-state index contributed by atoms with van der Waals surface area (Å²) in [5.74, 6) is -0.550. The lowest BCUT2D eigenvalue weighted by atomic mass is 9.77. The lowest BCUT2D eigenvalue weighted by Gasteiger charge is -2.55. The van der Waals surface area contributed by atoms with Gasteiger partial charge in [0.25, 0.3) is 0 Å². The third-order valence-electron chi connectivity index (χ3n) is 8.45. The van der Waals surface area contributed by atoms with Gasteiger partial charge in [0.2, 0.25) is 11.8 Å². The van der Waals surface area contributed by atoms with Gasteiger partial charge in [-0.1, -0.05) is 26.7 Å². The second-order valence-corrected chi connectivity index (χ2v) is 14.5. The third-order valence-corrected chi connectivity index (χ3v) is 8.45. The van der Waals surface area contributed by atoms with Crippen LogP contribution in [-0.4, -0.2) is 67.9 Å². The number of unbranched alkanes of at least 4 members (excludes halogenated alkanes) is 2. The highest BCUT2D eigenvalue weighted by Crippen LogP contribution is 2.41. The minimum Gasteiger partial charge on any atom is -0.462 e. The normalized spacial score (nSPS) is 22.1. The fraction of sp³-hybridized carbons (Fsp3) is 0.875. The molecule has 0 N–H and O–H groups in total. The number of carbonyl (C=O) groups excluding carboxylic acids is 4. The number of hydrogen-bond acceptors (Lipinski definition) is 6. The van der Waals surface area contributed by atoms with Crippen molar-refractivity contribution in [1.29, 1.82) is 0 Å². The van der Waals surface area contributed by atoms with Crippen LogP contribution in [-0.2, 0) is 28.7 Å². The number of piperidine rings is 2. The summed E-state index contributed by atoms with van der Waals surface area (Å²) in [5.41, 5.74) is -1.77. The maximum absolute atomic E-state index is 13.0. The van der Waals surface area contributed by atoms with Gasteiger partial charge in [-0.25, -0.2) is 0 Å². The molecule has 0 aromatic carbocycles. The Hall–Kier alpha value is -2.12. The summed E-state index contributed by atoms with van der Waals surface area (Å²) in [7, 11) is 0. The van der Waals surface area contributed by atoms with E-state index >= 15 is 0 Å². The number of carbonyl (C=O) groups is 4. The van der Waals surface area contributed by atoms with Gasteiger partial charge in [0.15, 0.2) is 0 Å². The van der Waals surface area contributed by atoms with E-state index in [9.17, 15) is 19.2 Å². The summed E-state index contributed by atoms with van der Waals surface area (Å²) in [4.78, 5) is 55.4. The zero-order chi connectivity index (χ0) is 30.5. The quantitative estimate of drug-likeness (QED) is 0.272. The van der Waals surface area contributed by atoms with Gasteiger partial charge in [0.1, 0.15) is 12.2 Å². The fourth-order valence-corrected chi connectivity index (χ4v) is 7.47. The topological polar surface area (TPSA) is 93.2 Å². The molecule has 0 bridgehead atoms. The molecule has 2 aliphatic heterocycles. The monoisotopic (exact) mass is 564 g/mol. The number of hydrogen-bond donors (Lipinski definition) is 0. The molecule has 0 aliphatic carbocycles. The van der Waals surface area contributed by atoms with E-state index in [0.717, 1.165) is 25.7 Å². The Balaban J connectivity index is 1.91. The SMILES string of the molecule is CCCCC(=O)N1C(C)(C)CC(OC(=O)CCC(=O)OC2CC(C)(C)N(C(=O)CCCC)C(C)(C)C2)CC1(C)C. The lowest BCUT2D eigenvalue weighted by Crippen LogP contribution is -2.64. The molecule has 8 heteroatoms. The van der Waals surface area contributed by atoms with Gasteiger partial charge in [0, 0.05) is 60.7 Å². The first kappa shape index (κ1) is 34.1. The second-order valence-electron chi connectivity index (χ2n) is 14.5. The van der Waals surface area contributed by atoms with Crippen molar-refractivity contribution in [3.05, 3.63) is 0 Å². The van der Waals surface area contributed by atoms with E-state index in [0.29, 0.717) is 38.5 Å². The van der Waals surface area contributed by atoms with Crippen molar-refractivity contribution >= 4 is 23.8 Å². The number of likely N-dealkylation sites (tertiary alicyclic amines) is 2. The Labute approximate surface area is 242 Å². The Morgan fingerprint density at radius 1 is 0.550 bits per heavy atom. The minimum atomic E-state index is -0.442. The summed E-state index contributed by atoms with van der Waals surface area (Å²) < 4.78 is 11.6. The molecule has 2 fully saturated rings. The Morgan fingerprint density at radius 3 is 1.07 bits per heavy atom. The zero-order valence-corrected chi connectivity index (χ0v) is 27.0. The average molecular weight is 565 g/mol. The maximum atomic E-state index is 13.0. The van der Waals surface area contributed by atoms with Crippen LogP contribution in [0.25, 0.3) is 0 Å². The van der Waals surface area contributed by atoms with Crippen LogP contribution in [0.4, 0.5) is 0 Å². The van der Waals surface area contributed by atoms with E-state index in [-0.39, 0.29) is 36.9 Å². The number of esters is 2. The molecule has 2 heterocycles. The lowest BCUT2D eigenvalue weighted by molar-refractivity contribution is -0.173. The summed E-state index contributed by atoms with van der Waals surface area (Å²) >= 11 is 0. The summed E-state index contributed by atoms with van der Waals surface area (Å²) in [5, 5.41) is 0. The van der Waals surface area contributed by atoms with E-state index < -0.39 is 34.1 Å². The van der Waals surface area contributed by atoms with Crippen LogP contribution in [0.1, 0.15) is 146 Å². The smallest absolute Gasteiger partial charge is 0.306 e. The Morgan fingerprint density at radius 2 is 0.825 bits per heavy atom. The fourth-order valence-electron chi connectivity index (χ4n) is 7.47. The molecular weight excluding hydrogens is 508 g/mol. The first-order chi connectivity index (χ1) is 18.4. The summed E-state index contributed by atoms with van der Waals surface area (Å²) in [6.07, 6.45) is 6.22. The van der Waals surface area contributed by atoms with Crippen molar-refractivity contribution in [2.45, 2.75) is 181 Å². The summed E-state index contributed by atoms with van der Waals surface area (Å²) in [6.45, 7) is 20.4. The van der Waals surface area contributed by atoms with Crippen LogP contribution in [0.15, 0.2) is 0 Å². The molecule has 2 aliphatic rings. The summed E-state index contributed by atoms with van der Waals surface area (Å²) in [6, 6.07) is 0. The van der Waals surface area contributed by atoms with Crippen LogP contribution < -0.4 is 0 Å². The van der Waals surface area contributed by atoms with Crippen molar-refractivity contribution in [3.8, 4) is 0 Å². The van der Waals surface area contributed by atoms with Gasteiger partial charge in [-0.3, -0.25) is 19.2 Å². The van der Waals surface area contributed by atoms with E-state index in [1.54, 1.807) is 0 Å². The predicted molar refractivity (Wildman–Crippen MR) is 157 cm³/mol. The number of nitrogens with zero attached hydrogens (tertiary/aromatic N) is 2. The van der Waals surface area contributed by atoms with E-state index in [2.05, 4.69) is 13.8 Å². The van der Waals surface area contributed by atoms with Gasteiger partial charge in [-0.2, -0.15) is 0 Å². The van der Waals surface area contributed by atoms with E-state index in [1.807, 2.05) is 65.2 Å². The van der Waals surface area contributed by atoms with Gasteiger partial charge in [-0.05, 0) is 68.2 Å². The standard InChI is InChI=1S/C32H56N2O6/c1-11-13-15-25(35)33-29(3,4)19-23(20-30(33,5)6)39-27(37)17-18-28(38)40-24-21-31(7,8)34(32(9,10)22-24)26(36)16-14-12-2/h23-24H,11-22H2,1-10H3. The molecule has 8 nitrogen and oxygen atoms in total. The average Bonchev–Trinajstić information content (AvgIpc) is 2.76. The van der Waals surface area contributed by atoms with Crippen LogP contribution >= 0.6 is 0 Å². The first-order valence-electron chi connectivity index (χ1n) is 15.4. The zero-order valence-electron chi connectivity index (χ0n) is 27.0. The van der Waals surface area contributed by atoms with Crippen LogP contribution in [0.2, 0.25) is 0 Å². The molecule has 0 aromatic heterocycles. The third kappa shape index (κ3) is 8.69. The minimum absolute atomic E-state index is 0.0452. The number of amides is 2. The number of rotatable bonds is 11. The molecule has 0 unspecified atom stereocenters. The second kappa shape index (κ2) is 13.2. The molecule has 0 saturated carbocycles. The molecular formula is C32H56N2O6. The molecule has 230 valence electrons. The van der Waals surface area contributed by atoms with Crippen molar-refractivity contribution in [2.24, 2.45) is 0 Å². The largest absolute Gasteiger partial charge is 0.462 e. The van der Waals surface area contributed by atoms with Gasteiger partial charge in [-0.15, -0.1) is 0 Å². The van der Waals surface area contributed by atoms with Crippen molar-refractivity contribution in [1.82, 2.24) is 9.80 Å². The van der Waals surface area contributed by atoms with Gasteiger partial charge < -0.3 is 19.3 Å². The highest BCUT2D eigenvalue weighted by atomic mass is 16.6. The molecule has 2 saturated heterocycles.